The van der Waals surface area contributed by atoms with Gasteiger partial charge in [0.05, 0.1) is 11.1 Å². The maximum Gasteiger partial charge on any atom is 0.335 e. The molecule has 4 nitrogen and oxygen atoms in total. The van der Waals surface area contributed by atoms with Crippen LogP contribution in [0, 0.1) is 11.3 Å². The third-order valence-corrected chi connectivity index (χ3v) is 2.29. The summed E-state index contributed by atoms with van der Waals surface area (Å²) >= 11 is 0. The minimum Gasteiger partial charge on any atom is -0.478 e. The standard InChI is InChI=1S/C12H8N2O2/c13-5-10-6-14-7-11(10)8-2-1-3-9(4-8)12(15)16/h1-4,6-7,14H,(H,15,16). The van der Waals surface area contributed by atoms with Crippen molar-refractivity contribution in [3.05, 3.63) is 47.8 Å². The van der Waals surface area contributed by atoms with E-state index in [1.54, 1.807) is 30.6 Å². The van der Waals surface area contributed by atoms with Crippen LogP contribution in [0.3, 0.4) is 0 Å². The van der Waals surface area contributed by atoms with Crippen molar-refractivity contribution in [3.8, 4) is 17.2 Å². The Morgan fingerprint density at radius 3 is 2.88 bits per heavy atom. The maximum absolute atomic E-state index is 10.8. The van der Waals surface area contributed by atoms with E-state index in [1.165, 1.54) is 6.07 Å². The molecule has 0 bridgehead atoms. The van der Waals surface area contributed by atoms with Gasteiger partial charge in [-0.25, -0.2) is 4.79 Å². The summed E-state index contributed by atoms with van der Waals surface area (Å²) in [6.45, 7) is 0. The molecule has 2 rings (SSSR count). The van der Waals surface area contributed by atoms with Crippen LogP contribution < -0.4 is 0 Å². The highest BCUT2D eigenvalue weighted by Crippen LogP contribution is 2.23. The lowest BCUT2D eigenvalue weighted by molar-refractivity contribution is 0.0697. The van der Waals surface area contributed by atoms with Crippen LogP contribution in [0.2, 0.25) is 0 Å². The molecule has 1 aromatic carbocycles. The zero-order valence-corrected chi connectivity index (χ0v) is 8.27. The molecule has 0 aliphatic heterocycles. The van der Waals surface area contributed by atoms with E-state index in [4.69, 9.17) is 10.4 Å². The number of benzene rings is 1. The van der Waals surface area contributed by atoms with E-state index in [0.29, 0.717) is 11.1 Å². The largest absolute Gasteiger partial charge is 0.478 e. The van der Waals surface area contributed by atoms with Crippen molar-refractivity contribution in [2.75, 3.05) is 0 Å². The van der Waals surface area contributed by atoms with E-state index in [-0.39, 0.29) is 5.56 Å². The first-order valence-electron chi connectivity index (χ1n) is 4.63. The van der Waals surface area contributed by atoms with Gasteiger partial charge in [-0.2, -0.15) is 5.26 Å². The molecule has 1 heterocycles. The minimum absolute atomic E-state index is 0.211. The number of H-pyrrole nitrogens is 1. The lowest BCUT2D eigenvalue weighted by Gasteiger charge is -2.00. The highest BCUT2D eigenvalue weighted by Gasteiger charge is 2.08. The van der Waals surface area contributed by atoms with Crippen LogP contribution in [0.5, 0.6) is 0 Å². The van der Waals surface area contributed by atoms with Crippen molar-refractivity contribution >= 4 is 5.97 Å². The van der Waals surface area contributed by atoms with Crippen LogP contribution in [0.15, 0.2) is 36.7 Å². The van der Waals surface area contributed by atoms with E-state index in [2.05, 4.69) is 4.98 Å². The summed E-state index contributed by atoms with van der Waals surface area (Å²) in [6.07, 6.45) is 3.27. The molecule has 0 unspecified atom stereocenters. The Morgan fingerprint density at radius 2 is 2.19 bits per heavy atom. The van der Waals surface area contributed by atoms with E-state index < -0.39 is 5.97 Å². The first-order chi connectivity index (χ1) is 7.72. The number of hydrogen-bond donors (Lipinski definition) is 2. The Hall–Kier alpha value is -2.54. The van der Waals surface area contributed by atoms with Gasteiger partial charge in [-0.05, 0) is 17.7 Å². The Bertz CT molecular complexity index is 579. The molecule has 4 heteroatoms. The Labute approximate surface area is 91.8 Å². The molecule has 2 N–H and O–H groups in total. The zero-order chi connectivity index (χ0) is 11.5. The fourth-order valence-corrected chi connectivity index (χ4v) is 1.51. The van der Waals surface area contributed by atoms with E-state index in [0.717, 1.165) is 5.56 Å². The van der Waals surface area contributed by atoms with Crippen LogP contribution in [0.4, 0.5) is 0 Å². The number of aromatic amines is 1. The normalized spacial score (nSPS) is 9.69. The van der Waals surface area contributed by atoms with Gasteiger partial charge >= 0.3 is 5.97 Å². The van der Waals surface area contributed by atoms with Gasteiger partial charge < -0.3 is 10.1 Å². The number of nitrogens with one attached hydrogen (secondary N) is 1. The molecule has 0 aliphatic carbocycles. The number of rotatable bonds is 2. The van der Waals surface area contributed by atoms with Gasteiger partial charge in [0.25, 0.3) is 0 Å². The summed E-state index contributed by atoms with van der Waals surface area (Å²) in [5, 5.41) is 17.7. The average Bonchev–Trinajstić information content (AvgIpc) is 2.77. The SMILES string of the molecule is N#Cc1c[nH]cc1-c1cccc(C(=O)O)c1. The van der Waals surface area contributed by atoms with Gasteiger partial charge in [0.2, 0.25) is 0 Å². The maximum atomic E-state index is 10.8. The first-order valence-corrected chi connectivity index (χ1v) is 4.63. The van der Waals surface area contributed by atoms with Crippen molar-refractivity contribution in [3.63, 3.8) is 0 Å². The third kappa shape index (κ3) is 1.66. The molecule has 0 saturated carbocycles. The molecule has 0 aliphatic rings. The Balaban J connectivity index is 2.53. The van der Waals surface area contributed by atoms with Crippen LogP contribution in [0.1, 0.15) is 15.9 Å². The molecule has 0 fully saturated rings. The molecule has 16 heavy (non-hydrogen) atoms. The summed E-state index contributed by atoms with van der Waals surface area (Å²) in [6, 6.07) is 8.54. The number of nitrogens with zero attached hydrogens (tertiary/aromatic N) is 1. The summed E-state index contributed by atoms with van der Waals surface area (Å²) in [7, 11) is 0. The van der Waals surface area contributed by atoms with Crippen LogP contribution >= 0.6 is 0 Å². The van der Waals surface area contributed by atoms with Gasteiger partial charge in [0.15, 0.2) is 0 Å². The molecular formula is C12H8N2O2. The third-order valence-electron chi connectivity index (χ3n) is 2.29. The number of carbonyl (C=O) groups is 1. The van der Waals surface area contributed by atoms with Crippen molar-refractivity contribution in [1.82, 2.24) is 4.98 Å². The number of hydrogen-bond acceptors (Lipinski definition) is 2. The predicted molar refractivity (Wildman–Crippen MR) is 57.9 cm³/mol. The van der Waals surface area contributed by atoms with Crippen LogP contribution in [-0.2, 0) is 0 Å². The minimum atomic E-state index is -0.976. The second-order valence-corrected chi connectivity index (χ2v) is 3.28. The number of aromatic nitrogens is 1. The van der Waals surface area contributed by atoms with Crippen molar-refractivity contribution in [2.45, 2.75) is 0 Å². The monoisotopic (exact) mass is 212 g/mol. The average molecular weight is 212 g/mol. The smallest absolute Gasteiger partial charge is 0.335 e. The fourth-order valence-electron chi connectivity index (χ4n) is 1.51. The van der Waals surface area contributed by atoms with Gasteiger partial charge in [0, 0.05) is 18.0 Å². The van der Waals surface area contributed by atoms with Crippen LogP contribution in [-0.4, -0.2) is 16.1 Å². The second kappa shape index (κ2) is 3.91. The van der Waals surface area contributed by atoms with Crippen LogP contribution in [0.25, 0.3) is 11.1 Å². The predicted octanol–water partition coefficient (Wildman–Crippen LogP) is 2.25. The van der Waals surface area contributed by atoms with E-state index in [9.17, 15) is 4.79 Å². The number of carboxylic acids is 1. The molecule has 0 saturated heterocycles. The summed E-state index contributed by atoms with van der Waals surface area (Å²) in [4.78, 5) is 13.6. The molecule has 0 spiro atoms. The van der Waals surface area contributed by atoms with Crippen molar-refractivity contribution < 1.29 is 9.90 Å². The van der Waals surface area contributed by atoms with Gasteiger partial charge in [-0.3, -0.25) is 0 Å². The molecule has 1 aromatic heterocycles. The quantitative estimate of drug-likeness (QED) is 0.801. The summed E-state index contributed by atoms with van der Waals surface area (Å²) in [5.41, 5.74) is 2.15. The Kier molecular flexibility index (Phi) is 2.44. The van der Waals surface area contributed by atoms with Gasteiger partial charge in [-0.15, -0.1) is 0 Å². The van der Waals surface area contributed by atoms with Gasteiger partial charge in [0.1, 0.15) is 6.07 Å². The molecule has 0 radical (unpaired) electrons. The molecule has 0 amide bonds. The van der Waals surface area contributed by atoms with Crippen molar-refractivity contribution in [1.29, 1.82) is 5.26 Å². The Morgan fingerprint density at radius 1 is 1.38 bits per heavy atom. The number of nitriles is 1. The number of aromatic carboxylic acids is 1. The summed E-state index contributed by atoms with van der Waals surface area (Å²) in [5.74, 6) is -0.976. The lowest BCUT2D eigenvalue weighted by atomic mass is 10.0. The highest BCUT2D eigenvalue weighted by atomic mass is 16.4. The first kappa shape index (κ1) is 9.99. The fraction of sp³-hybridized carbons (Fsp3) is 0. The molecule has 2 aromatic rings. The lowest BCUT2D eigenvalue weighted by Crippen LogP contribution is -1.95. The molecule has 78 valence electrons. The second-order valence-electron chi connectivity index (χ2n) is 3.28. The molecule has 0 atom stereocenters. The molecular weight excluding hydrogens is 204 g/mol. The number of carboxylic acid groups (broad SMARTS) is 1. The highest BCUT2D eigenvalue weighted by molar-refractivity contribution is 5.89. The van der Waals surface area contributed by atoms with Crippen molar-refractivity contribution in [2.24, 2.45) is 0 Å². The van der Waals surface area contributed by atoms with E-state index >= 15 is 0 Å². The van der Waals surface area contributed by atoms with E-state index in [1.807, 2.05) is 6.07 Å². The van der Waals surface area contributed by atoms with Gasteiger partial charge in [-0.1, -0.05) is 12.1 Å². The summed E-state index contributed by atoms with van der Waals surface area (Å²) < 4.78 is 0. The zero-order valence-electron chi connectivity index (χ0n) is 8.27. The topological polar surface area (TPSA) is 76.9 Å².